The highest BCUT2D eigenvalue weighted by Crippen LogP contribution is 2.43. The number of amides is 3. The summed E-state index contributed by atoms with van der Waals surface area (Å²) in [5.74, 6) is -0.468. The van der Waals surface area contributed by atoms with Gasteiger partial charge in [-0.3, -0.25) is 14.9 Å². The lowest BCUT2D eigenvalue weighted by molar-refractivity contribution is -0.133. The maximum absolute atomic E-state index is 12.3. The smallest absolute Gasteiger partial charge is 0.410 e. The van der Waals surface area contributed by atoms with E-state index < -0.39 is 5.60 Å². The number of nitrogens with zero attached hydrogens (tertiary/aromatic N) is 2. The molecule has 3 saturated heterocycles. The summed E-state index contributed by atoms with van der Waals surface area (Å²) < 4.78 is 5.49. The minimum Gasteiger partial charge on any atom is -0.444 e. The van der Waals surface area contributed by atoms with Crippen LogP contribution in [0.15, 0.2) is 24.3 Å². The molecule has 3 heterocycles. The molecule has 0 radical (unpaired) electrons. The van der Waals surface area contributed by atoms with Crippen molar-refractivity contribution in [1.29, 1.82) is 0 Å². The maximum atomic E-state index is 12.3. The van der Waals surface area contributed by atoms with Crippen LogP contribution in [0.2, 0.25) is 0 Å². The van der Waals surface area contributed by atoms with Gasteiger partial charge in [0.05, 0.1) is 0 Å². The van der Waals surface area contributed by atoms with Crippen LogP contribution in [0.1, 0.15) is 46.5 Å². The number of anilines is 2. The molecule has 3 aliphatic heterocycles. The predicted molar refractivity (Wildman–Crippen MR) is 118 cm³/mol. The molecule has 4 rings (SSSR count). The van der Waals surface area contributed by atoms with Crippen LogP contribution >= 0.6 is 0 Å². The van der Waals surface area contributed by atoms with Crippen molar-refractivity contribution < 1.29 is 19.1 Å². The van der Waals surface area contributed by atoms with Gasteiger partial charge in [-0.1, -0.05) is 0 Å². The normalized spacial score (nSPS) is 23.3. The molecule has 31 heavy (non-hydrogen) atoms. The average molecular weight is 429 g/mol. The molecule has 2 N–H and O–H groups in total. The Bertz CT molecular complexity index is 845. The molecule has 3 fully saturated rings. The third-order valence-corrected chi connectivity index (χ3v) is 6.34. The van der Waals surface area contributed by atoms with Gasteiger partial charge in [0.15, 0.2) is 0 Å². The molecule has 0 bridgehead atoms. The quantitative estimate of drug-likeness (QED) is 0.720. The first kappa shape index (κ1) is 21.5. The van der Waals surface area contributed by atoms with E-state index in [9.17, 15) is 14.4 Å². The SMILES string of the molecule is CC(C)(C)OC(=O)N1CCC2(CC1)CN(c1ccc(NC3CCC(=O)NC3=O)cc1)C2. The highest BCUT2D eigenvalue weighted by molar-refractivity contribution is 6.01. The van der Waals surface area contributed by atoms with Crippen LogP contribution in [0.3, 0.4) is 0 Å². The van der Waals surface area contributed by atoms with Gasteiger partial charge >= 0.3 is 6.09 Å². The molecule has 1 spiro atoms. The molecule has 1 atom stereocenters. The van der Waals surface area contributed by atoms with Gasteiger partial charge in [0.1, 0.15) is 11.6 Å². The molecule has 1 aromatic carbocycles. The van der Waals surface area contributed by atoms with Crippen LogP contribution in [0.4, 0.5) is 16.2 Å². The van der Waals surface area contributed by atoms with E-state index in [4.69, 9.17) is 4.74 Å². The van der Waals surface area contributed by atoms with Crippen LogP contribution in [0, 0.1) is 5.41 Å². The molecular weight excluding hydrogens is 396 g/mol. The molecule has 3 amide bonds. The molecule has 8 nitrogen and oxygen atoms in total. The number of hydrogen-bond acceptors (Lipinski definition) is 6. The van der Waals surface area contributed by atoms with Gasteiger partial charge in [-0.2, -0.15) is 0 Å². The lowest BCUT2D eigenvalue weighted by atomic mass is 9.72. The molecule has 168 valence electrons. The van der Waals surface area contributed by atoms with Crippen LogP contribution in [-0.4, -0.2) is 60.6 Å². The molecule has 1 aromatic rings. The van der Waals surface area contributed by atoms with E-state index in [0.717, 1.165) is 50.4 Å². The van der Waals surface area contributed by atoms with Crippen molar-refractivity contribution in [3.63, 3.8) is 0 Å². The van der Waals surface area contributed by atoms with Crippen LogP contribution < -0.4 is 15.5 Å². The van der Waals surface area contributed by atoms with Crippen molar-refractivity contribution >= 4 is 29.3 Å². The predicted octanol–water partition coefficient (Wildman–Crippen LogP) is 2.74. The van der Waals surface area contributed by atoms with Crippen molar-refractivity contribution in [3.8, 4) is 0 Å². The Hall–Kier alpha value is -2.77. The van der Waals surface area contributed by atoms with E-state index in [2.05, 4.69) is 27.7 Å². The highest BCUT2D eigenvalue weighted by atomic mass is 16.6. The number of likely N-dealkylation sites (tertiary alicyclic amines) is 1. The first-order valence-corrected chi connectivity index (χ1v) is 11.1. The monoisotopic (exact) mass is 428 g/mol. The summed E-state index contributed by atoms with van der Waals surface area (Å²) in [6.07, 6.45) is 2.66. The van der Waals surface area contributed by atoms with Gasteiger partial charge in [-0.05, 0) is 64.3 Å². The minimum atomic E-state index is -0.460. The Morgan fingerprint density at radius 3 is 2.35 bits per heavy atom. The second-order valence-electron chi connectivity index (χ2n) is 10.0. The van der Waals surface area contributed by atoms with E-state index in [1.165, 1.54) is 0 Å². The van der Waals surface area contributed by atoms with Gasteiger partial charge < -0.3 is 19.9 Å². The minimum absolute atomic E-state index is 0.206. The second-order valence-corrected chi connectivity index (χ2v) is 10.0. The third-order valence-electron chi connectivity index (χ3n) is 6.34. The topological polar surface area (TPSA) is 91.0 Å². The zero-order valence-corrected chi connectivity index (χ0v) is 18.6. The molecule has 8 heteroatoms. The molecule has 0 aliphatic carbocycles. The lowest BCUT2D eigenvalue weighted by Gasteiger charge is -2.55. The Morgan fingerprint density at radius 2 is 1.77 bits per heavy atom. The number of rotatable bonds is 3. The Morgan fingerprint density at radius 1 is 1.13 bits per heavy atom. The Kier molecular flexibility index (Phi) is 5.58. The van der Waals surface area contributed by atoms with E-state index in [1.807, 2.05) is 37.8 Å². The zero-order valence-electron chi connectivity index (χ0n) is 18.6. The summed E-state index contributed by atoms with van der Waals surface area (Å²) in [6, 6.07) is 7.73. The Labute approximate surface area is 183 Å². The van der Waals surface area contributed by atoms with E-state index >= 15 is 0 Å². The van der Waals surface area contributed by atoms with Crippen LogP contribution in [0.25, 0.3) is 0 Å². The van der Waals surface area contributed by atoms with Gasteiger partial charge in [0.25, 0.3) is 0 Å². The molecular formula is C23H32N4O4. The standard InChI is InChI=1S/C23H32N4O4/c1-22(2,3)31-21(30)26-12-10-23(11-13-26)14-27(15-23)17-6-4-16(5-7-17)24-18-8-9-19(28)25-20(18)29/h4-7,18,24H,8-15H2,1-3H3,(H,25,28,29). The number of benzene rings is 1. The maximum Gasteiger partial charge on any atom is 0.410 e. The van der Waals surface area contributed by atoms with Crippen LogP contribution in [-0.2, 0) is 14.3 Å². The summed E-state index contributed by atoms with van der Waals surface area (Å²) in [4.78, 5) is 39.6. The van der Waals surface area contributed by atoms with E-state index in [-0.39, 0.29) is 29.4 Å². The number of carbonyl (C=O) groups is 3. The van der Waals surface area contributed by atoms with Gasteiger partial charge in [0, 0.05) is 49.4 Å². The highest BCUT2D eigenvalue weighted by Gasteiger charge is 2.46. The second kappa shape index (κ2) is 8.05. The summed E-state index contributed by atoms with van der Waals surface area (Å²) in [7, 11) is 0. The molecule has 0 saturated carbocycles. The van der Waals surface area contributed by atoms with Crippen LogP contribution in [0.5, 0.6) is 0 Å². The number of ether oxygens (including phenoxy) is 1. The summed E-state index contributed by atoms with van der Waals surface area (Å²) in [6.45, 7) is 9.17. The first-order valence-electron chi connectivity index (χ1n) is 11.1. The number of hydrogen-bond donors (Lipinski definition) is 2. The zero-order chi connectivity index (χ0) is 22.2. The average Bonchev–Trinajstić information content (AvgIpc) is 2.68. The fraction of sp³-hybridized carbons (Fsp3) is 0.609. The summed E-state index contributed by atoms with van der Waals surface area (Å²) in [5, 5.41) is 5.58. The van der Waals surface area contributed by atoms with Crippen molar-refractivity contribution in [2.75, 3.05) is 36.4 Å². The van der Waals surface area contributed by atoms with Crippen molar-refractivity contribution in [1.82, 2.24) is 10.2 Å². The van der Waals surface area contributed by atoms with Crippen molar-refractivity contribution in [2.45, 2.75) is 58.1 Å². The fourth-order valence-electron chi connectivity index (χ4n) is 4.55. The summed E-state index contributed by atoms with van der Waals surface area (Å²) >= 11 is 0. The van der Waals surface area contributed by atoms with Gasteiger partial charge in [-0.25, -0.2) is 4.79 Å². The summed E-state index contributed by atoms with van der Waals surface area (Å²) in [5.41, 5.74) is 1.86. The number of nitrogens with one attached hydrogen (secondary N) is 2. The van der Waals surface area contributed by atoms with Gasteiger partial charge in [-0.15, -0.1) is 0 Å². The van der Waals surface area contributed by atoms with Gasteiger partial charge in [0.2, 0.25) is 11.8 Å². The Balaban J connectivity index is 1.25. The molecule has 0 aromatic heterocycles. The van der Waals surface area contributed by atoms with Crippen molar-refractivity contribution in [2.24, 2.45) is 5.41 Å². The van der Waals surface area contributed by atoms with E-state index in [1.54, 1.807) is 0 Å². The molecule has 3 aliphatic rings. The molecule has 1 unspecified atom stereocenters. The fourth-order valence-corrected chi connectivity index (χ4v) is 4.55. The number of carbonyl (C=O) groups excluding carboxylic acids is 3. The third kappa shape index (κ3) is 4.94. The van der Waals surface area contributed by atoms with E-state index in [0.29, 0.717) is 12.8 Å². The number of piperidine rings is 2. The first-order chi connectivity index (χ1) is 14.6. The largest absolute Gasteiger partial charge is 0.444 e. The van der Waals surface area contributed by atoms with Crippen molar-refractivity contribution in [3.05, 3.63) is 24.3 Å². The lowest BCUT2D eigenvalue weighted by Crippen LogP contribution is -2.61. The number of imide groups is 1.